The first-order chi connectivity index (χ1) is 13.0. The Morgan fingerprint density at radius 1 is 1.33 bits per heavy atom. The van der Waals surface area contributed by atoms with Crippen LogP contribution in [-0.2, 0) is 30.1 Å². The Kier molecular flexibility index (Phi) is 5.06. The van der Waals surface area contributed by atoms with Crippen LogP contribution in [0.4, 0.5) is 0 Å². The van der Waals surface area contributed by atoms with Gasteiger partial charge in [-0.15, -0.1) is 11.3 Å². The van der Waals surface area contributed by atoms with E-state index in [1.165, 1.54) is 15.8 Å². The van der Waals surface area contributed by atoms with Crippen LogP contribution >= 0.6 is 23.1 Å². The Labute approximate surface area is 166 Å². The molecule has 3 heterocycles. The van der Waals surface area contributed by atoms with E-state index in [0.717, 1.165) is 39.4 Å². The van der Waals surface area contributed by atoms with Gasteiger partial charge in [0.05, 0.1) is 11.7 Å². The minimum absolute atomic E-state index is 0.0174. The third kappa shape index (κ3) is 3.53. The van der Waals surface area contributed by atoms with E-state index in [9.17, 15) is 9.59 Å². The molecule has 0 fully saturated rings. The summed E-state index contributed by atoms with van der Waals surface area (Å²) in [6.07, 6.45) is 2.42. The Hall–Kier alpha value is -2.12. The molecule has 0 radical (unpaired) electrons. The van der Waals surface area contributed by atoms with E-state index in [0.29, 0.717) is 11.9 Å². The number of carbonyl (C=O) groups excluding carboxylic acids is 1. The minimum atomic E-state index is -0.0962. The fraction of sp³-hybridized carbons (Fsp3) is 0.350. The van der Waals surface area contributed by atoms with Gasteiger partial charge in [-0.1, -0.05) is 24.3 Å². The van der Waals surface area contributed by atoms with Crippen molar-refractivity contribution in [3.63, 3.8) is 0 Å². The molecule has 7 heteroatoms. The highest BCUT2D eigenvalue weighted by Gasteiger charge is 2.21. The van der Waals surface area contributed by atoms with Crippen LogP contribution in [0.25, 0.3) is 10.2 Å². The number of likely N-dealkylation sites (N-methyl/N-ethyl adjacent to an activating group) is 1. The average molecular weight is 400 g/mol. The van der Waals surface area contributed by atoms with Gasteiger partial charge in [0, 0.05) is 24.2 Å². The summed E-state index contributed by atoms with van der Waals surface area (Å²) in [7, 11) is 1.77. The van der Waals surface area contributed by atoms with Gasteiger partial charge in [-0.3, -0.25) is 14.2 Å². The summed E-state index contributed by atoms with van der Waals surface area (Å²) >= 11 is 3.50. The lowest BCUT2D eigenvalue weighted by Gasteiger charge is -2.19. The molecule has 0 aliphatic carbocycles. The van der Waals surface area contributed by atoms with E-state index < -0.39 is 0 Å². The predicted molar refractivity (Wildman–Crippen MR) is 111 cm³/mol. The summed E-state index contributed by atoms with van der Waals surface area (Å²) in [4.78, 5) is 33.8. The van der Waals surface area contributed by atoms with E-state index in [2.05, 4.69) is 4.98 Å². The zero-order chi connectivity index (χ0) is 19.0. The molecule has 27 heavy (non-hydrogen) atoms. The molecule has 5 nitrogen and oxygen atoms in total. The summed E-state index contributed by atoms with van der Waals surface area (Å²) in [5.41, 5.74) is 3.31. The zero-order valence-electron chi connectivity index (χ0n) is 15.4. The molecule has 0 bridgehead atoms. The normalized spacial score (nSPS) is 13.6. The molecule has 1 aromatic carbocycles. The van der Waals surface area contributed by atoms with Crippen molar-refractivity contribution in [2.75, 3.05) is 12.8 Å². The first-order valence-corrected chi connectivity index (χ1v) is 10.9. The second kappa shape index (κ2) is 7.48. The van der Waals surface area contributed by atoms with E-state index in [1.54, 1.807) is 23.3 Å². The Bertz CT molecular complexity index is 1070. The van der Waals surface area contributed by atoms with Crippen LogP contribution in [0, 0.1) is 6.92 Å². The molecule has 0 spiro atoms. The van der Waals surface area contributed by atoms with Gasteiger partial charge in [0.1, 0.15) is 11.4 Å². The molecule has 3 aromatic rings. The molecular formula is C20H21N3O2S2. The first-order valence-electron chi connectivity index (χ1n) is 8.90. The number of hydrogen-bond acceptors (Lipinski definition) is 5. The maximum Gasteiger partial charge on any atom is 0.262 e. The highest BCUT2D eigenvalue weighted by atomic mass is 32.2. The van der Waals surface area contributed by atoms with Gasteiger partial charge in [0.2, 0.25) is 5.91 Å². The number of nitrogens with zero attached hydrogens (tertiary/aromatic N) is 3. The maximum atomic E-state index is 13.0. The van der Waals surface area contributed by atoms with Crippen molar-refractivity contribution >= 4 is 39.2 Å². The summed E-state index contributed by atoms with van der Waals surface area (Å²) in [5.74, 6) is 1.89. The zero-order valence-corrected chi connectivity index (χ0v) is 17.0. The smallest absolute Gasteiger partial charge is 0.262 e. The molecule has 0 atom stereocenters. The van der Waals surface area contributed by atoms with Gasteiger partial charge in [-0.25, -0.2) is 4.98 Å². The number of carbonyl (C=O) groups is 1. The van der Waals surface area contributed by atoms with Crippen LogP contribution in [0.5, 0.6) is 0 Å². The van der Waals surface area contributed by atoms with Crippen molar-refractivity contribution in [1.29, 1.82) is 0 Å². The number of amides is 1. The lowest BCUT2D eigenvalue weighted by Crippen LogP contribution is -2.34. The second-order valence-corrected chi connectivity index (χ2v) is 9.03. The predicted octanol–water partition coefficient (Wildman–Crippen LogP) is 3.21. The number of thiophene rings is 1. The van der Waals surface area contributed by atoms with Crippen molar-refractivity contribution in [3.05, 3.63) is 62.5 Å². The SMILES string of the molecule is Cc1ccccc1CN(C)C(=O)Cn1cnc2sc3c(c2c1=O)CCSC3. The third-order valence-electron chi connectivity index (χ3n) is 4.99. The first kappa shape index (κ1) is 18.3. The van der Waals surface area contributed by atoms with Crippen molar-refractivity contribution < 1.29 is 4.79 Å². The Morgan fingerprint density at radius 2 is 2.15 bits per heavy atom. The molecule has 4 rings (SSSR count). The lowest BCUT2D eigenvalue weighted by molar-refractivity contribution is -0.131. The van der Waals surface area contributed by atoms with Gasteiger partial charge in [0.25, 0.3) is 5.56 Å². The molecular weight excluding hydrogens is 378 g/mol. The largest absolute Gasteiger partial charge is 0.340 e. The van der Waals surface area contributed by atoms with Crippen LogP contribution in [-0.4, -0.2) is 33.2 Å². The topological polar surface area (TPSA) is 55.2 Å². The molecule has 1 aliphatic rings. The average Bonchev–Trinajstić information content (AvgIpc) is 3.05. The van der Waals surface area contributed by atoms with Crippen molar-refractivity contribution in [2.24, 2.45) is 0 Å². The quantitative estimate of drug-likeness (QED) is 0.676. The summed E-state index contributed by atoms with van der Waals surface area (Å²) < 4.78 is 1.45. The number of aryl methyl sites for hydroxylation is 2. The molecule has 140 valence electrons. The minimum Gasteiger partial charge on any atom is -0.340 e. The summed E-state index contributed by atoms with van der Waals surface area (Å²) in [6, 6.07) is 8.02. The lowest BCUT2D eigenvalue weighted by atomic mass is 10.1. The Morgan fingerprint density at radius 3 is 2.96 bits per heavy atom. The van der Waals surface area contributed by atoms with Crippen LogP contribution in [0.15, 0.2) is 35.4 Å². The van der Waals surface area contributed by atoms with Crippen LogP contribution in [0.3, 0.4) is 0 Å². The molecule has 0 unspecified atom stereocenters. The Balaban J connectivity index is 1.58. The molecule has 0 saturated heterocycles. The molecule has 2 aromatic heterocycles. The van der Waals surface area contributed by atoms with Gasteiger partial charge in [0.15, 0.2) is 0 Å². The number of aromatic nitrogens is 2. The van der Waals surface area contributed by atoms with Crippen molar-refractivity contribution in [1.82, 2.24) is 14.5 Å². The molecule has 0 saturated carbocycles. The van der Waals surface area contributed by atoms with E-state index >= 15 is 0 Å². The second-order valence-electron chi connectivity index (χ2n) is 6.84. The summed E-state index contributed by atoms with van der Waals surface area (Å²) in [6.45, 7) is 2.58. The van der Waals surface area contributed by atoms with E-state index in [-0.39, 0.29) is 18.0 Å². The number of hydrogen-bond donors (Lipinski definition) is 0. The number of benzene rings is 1. The fourth-order valence-electron chi connectivity index (χ4n) is 3.36. The molecule has 0 N–H and O–H groups in total. The van der Waals surface area contributed by atoms with Crippen LogP contribution < -0.4 is 5.56 Å². The van der Waals surface area contributed by atoms with Crippen molar-refractivity contribution in [2.45, 2.75) is 32.2 Å². The maximum absolute atomic E-state index is 13.0. The van der Waals surface area contributed by atoms with E-state index in [1.807, 2.05) is 43.0 Å². The number of fused-ring (bicyclic) bond motifs is 3. The highest BCUT2D eigenvalue weighted by molar-refractivity contribution is 7.98. The monoisotopic (exact) mass is 399 g/mol. The van der Waals surface area contributed by atoms with Crippen LogP contribution in [0.1, 0.15) is 21.6 Å². The third-order valence-corrected chi connectivity index (χ3v) is 7.30. The molecule has 1 aliphatic heterocycles. The van der Waals surface area contributed by atoms with E-state index in [4.69, 9.17) is 0 Å². The molecule has 1 amide bonds. The highest BCUT2D eigenvalue weighted by Crippen LogP contribution is 2.35. The number of rotatable bonds is 4. The van der Waals surface area contributed by atoms with Gasteiger partial charge < -0.3 is 4.90 Å². The number of thioether (sulfide) groups is 1. The van der Waals surface area contributed by atoms with Gasteiger partial charge >= 0.3 is 0 Å². The van der Waals surface area contributed by atoms with Crippen LogP contribution in [0.2, 0.25) is 0 Å². The van der Waals surface area contributed by atoms with Gasteiger partial charge in [-0.2, -0.15) is 11.8 Å². The van der Waals surface area contributed by atoms with Gasteiger partial charge in [-0.05, 0) is 35.8 Å². The fourth-order valence-corrected chi connectivity index (χ4v) is 5.67. The summed E-state index contributed by atoms with van der Waals surface area (Å²) in [5, 5.41) is 0.715. The van der Waals surface area contributed by atoms with Crippen molar-refractivity contribution in [3.8, 4) is 0 Å². The standard InChI is InChI=1S/C20H21N3O2S2/c1-13-5-3-4-6-14(13)9-22(2)17(24)10-23-12-21-19-18(20(23)25)15-7-8-26-11-16(15)27-19/h3-6,12H,7-11H2,1-2H3.